The first-order valence-corrected chi connectivity index (χ1v) is 10.1. The number of pyridine rings is 1. The summed E-state index contributed by atoms with van der Waals surface area (Å²) >= 11 is 0. The smallest absolute Gasteiger partial charge is 0.257 e. The molecule has 7 heteroatoms. The molecule has 1 atom stereocenters. The van der Waals surface area contributed by atoms with E-state index in [9.17, 15) is 13.2 Å². The highest BCUT2D eigenvalue weighted by atomic mass is 32.2. The highest BCUT2D eigenvalue weighted by molar-refractivity contribution is 7.91. The first-order valence-electron chi connectivity index (χ1n) is 8.27. The minimum Gasteiger partial charge on any atom is -0.368 e. The fourth-order valence-electron chi connectivity index (χ4n) is 3.11. The van der Waals surface area contributed by atoms with E-state index in [0.717, 1.165) is 12.2 Å². The molecular weight excluding hydrogens is 338 g/mol. The highest BCUT2D eigenvalue weighted by Crippen LogP contribution is 2.25. The van der Waals surface area contributed by atoms with Gasteiger partial charge in [0.25, 0.3) is 5.91 Å². The van der Waals surface area contributed by atoms with Gasteiger partial charge in [-0.25, -0.2) is 8.42 Å². The number of aromatic nitrogens is 1. The van der Waals surface area contributed by atoms with E-state index in [-0.39, 0.29) is 23.5 Å². The average molecular weight is 359 g/mol. The minimum atomic E-state index is -2.92. The van der Waals surface area contributed by atoms with E-state index < -0.39 is 9.84 Å². The van der Waals surface area contributed by atoms with Crippen molar-refractivity contribution in [1.82, 2.24) is 4.98 Å². The number of anilines is 2. The van der Waals surface area contributed by atoms with E-state index in [2.05, 4.69) is 15.2 Å². The van der Waals surface area contributed by atoms with Crippen molar-refractivity contribution in [3.8, 4) is 0 Å². The van der Waals surface area contributed by atoms with Gasteiger partial charge in [0, 0.05) is 36.4 Å². The second-order valence-electron chi connectivity index (χ2n) is 6.09. The van der Waals surface area contributed by atoms with Gasteiger partial charge in [-0.3, -0.25) is 9.78 Å². The molecular formula is C18H21N3O3S. The van der Waals surface area contributed by atoms with Crippen molar-refractivity contribution >= 4 is 27.1 Å². The van der Waals surface area contributed by atoms with Crippen LogP contribution in [0.25, 0.3) is 0 Å². The monoisotopic (exact) mass is 359 g/mol. The second-order valence-corrected chi connectivity index (χ2v) is 8.31. The molecule has 2 aromatic rings. The molecule has 2 heterocycles. The number of amides is 1. The zero-order valence-corrected chi connectivity index (χ0v) is 14.9. The van der Waals surface area contributed by atoms with Crippen LogP contribution in [0.4, 0.5) is 11.4 Å². The summed E-state index contributed by atoms with van der Waals surface area (Å²) in [7, 11) is -2.92. The van der Waals surface area contributed by atoms with Crippen molar-refractivity contribution in [2.75, 3.05) is 28.3 Å². The van der Waals surface area contributed by atoms with E-state index in [0.29, 0.717) is 17.7 Å². The average Bonchev–Trinajstić information content (AvgIpc) is 2.97. The van der Waals surface area contributed by atoms with Gasteiger partial charge in [-0.1, -0.05) is 0 Å². The van der Waals surface area contributed by atoms with Crippen molar-refractivity contribution in [2.24, 2.45) is 0 Å². The van der Waals surface area contributed by atoms with E-state index in [1.807, 2.05) is 31.2 Å². The molecule has 1 saturated heterocycles. The van der Waals surface area contributed by atoms with E-state index in [1.165, 1.54) is 6.20 Å². The molecule has 0 bridgehead atoms. The lowest BCUT2D eigenvalue weighted by molar-refractivity contribution is 0.102. The van der Waals surface area contributed by atoms with Crippen molar-refractivity contribution in [1.29, 1.82) is 0 Å². The van der Waals surface area contributed by atoms with Gasteiger partial charge in [0.2, 0.25) is 0 Å². The van der Waals surface area contributed by atoms with Crippen LogP contribution in [0.3, 0.4) is 0 Å². The van der Waals surface area contributed by atoms with Crippen molar-refractivity contribution < 1.29 is 13.2 Å². The van der Waals surface area contributed by atoms with Gasteiger partial charge >= 0.3 is 0 Å². The highest BCUT2D eigenvalue weighted by Gasteiger charge is 2.31. The van der Waals surface area contributed by atoms with Crippen molar-refractivity contribution in [3.05, 3.63) is 54.4 Å². The molecule has 1 unspecified atom stereocenters. The van der Waals surface area contributed by atoms with E-state index >= 15 is 0 Å². The first-order chi connectivity index (χ1) is 12.0. The van der Waals surface area contributed by atoms with Crippen LogP contribution in [0.1, 0.15) is 23.7 Å². The van der Waals surface area contributed by atoms with Gasteiger partial charge < -0.3 is 10.2 Å². The first kappa shape index (κ1) is 17.4. The molecule has 3 rings (SSSR count). The maximum atomic E-state index is 12.1. The molecule has 6 nitrogen and oxygen atoms in total. The summed E-state index contributed by atoms with van der Waals surface area (Å²) < 4.78 is 23.4. The SMILES string of the molecule is CCN(c1ccc(NC(=O)c2cccnc2)cc1)C1CCS(=O)(=O)C1. The predicted octanol–water partition coefficient (Wildman–Crippen LogP) is 2.35. The molecule has 0 radical (unpaired) electrons. The number of hydrogen-bond donors (Lipinski definition) is 1. The zero-order chi connectivity index (χ0) is 17.9. The minimum absolute atomic E-state index is 0.0193. The van der Waals surface area contributed by atoms with Gasteiger partial charge in [-0.15, -0.1) is 0 Å². The fourth-order valence-corrected chi connectivity index (χ4v) is 4.84. The van der Waals surface area contributed by atoms with Crippen LogP contribution in [-0.2, 0) is 9.84 Å². The number of nitrogens with one attached hydrogen (secondary N) is 1. The van der Waals surface area contributed by atoms with Crippen LogP contribution in [-0.4, -0.2) is 43.4 Å². The summed E-state index contributed by atoms with van der Waals surface area (Å²) in [6.07, 6.45) is 3.80. The maximum absolute atomic E-state index is 12.1. The quantitative estimate of drug-likeness (QED) is 0.886. The standard InChI is InChI=1S/C18H21N3O3S/c1-2-21(17-9-11-25(23,24)13-17)16-7-5-15(6-8-16)20-18(22)14-4-3-10-19-12-14/h3-8,10,12,17H,2,9,11,13H2,1H3,(H,20,22). The molecule has 1 N–H and O–H groups in total. The number of nitrogens with zero attached hydrogens (tertiary/aromatic N) is 2. The molecule has 1 aliphatic heterocycles. The van der Waals surface area contributed by atoms with Crippen molar-refractivity contribution in [2.45, 2.75) is 19.4 Å². The fraction of sp³-hybridized carbons (Fsp3) is 0.333. The Hall–Kier alpha value is -2.41. The lowest BCUT2D eigenvalue weighted by Gasteiger charge is -2.29. The predicted molar refractivity (Wildman–Crippen MR) is 98.7 cm³/mol. The van der Waals surface area contributed by atoms with E-state index in [1.54, 1.807) is 18.3 Å². The Morgan fingerprint density at radius 1 is 1.28 bits per heavy atom. The molecule has 0 spiro atoms. The zero-order valence-electron chi connectivity index (χ0n) is 14.1. The Balaban J connectivity index is 1.70. The van der Waals surface area contributed by atoms with Gasteiger partial charge in [0.05, 0.1) is 17.1 Å². The number of carbonyl (C=O) groups is 1. The van der Waals surface area contributed by atoms with Crippen LogP contribution in [0, 0.1) is 0 Å². The molecule has 1 amide bonds. The third-order valence-electron chi connectivity index (χ3n) is 4.37. The molecule has 25 heavy (non-hydrogen) atoms. The summed E-state index contributed by atoms with van der Waals surface area (Å²) in [5.74, 6) is 0.253. The number of sulfone groups is 1. The van der Waals surface area contributed by atoms with Crippen LogP contribution in [0.15, 0.2) is 48.8 Å². The number of hydrogen-bond acceptors (Lipinski definition) is 5. The molecule has 1 aliphatic rings. The van der Waals surface area contributed by atoms with Crippen LogP contribution in [0.5, 0.6) is 0 Å². The number of rotatable bonds is 5. The largest absolute Gasteiger partial charge is 0.368 e. The molecule has 132 valence electrons. The third-order valence-corrected chi connectivity index (χ3v) is 6.12. The Morgan fingerprint density at radius 3 is 2.60 bits per heavy atom. The molecule has 0 aliphatic carbocycles. The Labute approximate surface area is 147 Å². The summed E-state index contributed by atoms with van der Waals surface area (Å²) in [6, 6.07) is 10.9. The second kappa shape index (κ2) is 7.23. The third kappa shape index (κ3) is 4.17. The molecule has 1 aromatic carbocycles. The Kier molecular flexibility index (Phi) is 5.03. The van der Waals surface area contributed by atoms with Crippen LogP contribution >= 0.6 is 0 Å². The molecule has 0 saturated carbocycles. The summed E-state index contributed by atoms with van der Waals surface area (Å²) in [5.41, 5.74) is 2.15. The summed E-state index contributed by atoms with van der Waals surface area (Å²) in [6.45, 7) is 2.75. The topological polar surface area (TPSA) is 79.4 Å². The maximum Gasteiger partial charge on any atom is 0.257 e. The number of benzene rings is 1. The van der Waals surface area contributed by atoms with Gasteiger partial charge in [0.1, 0.15) is 0 Å². The van der Waals surface area contributed by atoms with Gasteiger partial charge in [-0.05, 0) is 49.7 Å². The molecule has 1 fully saturated rings. The van der Waals surface area contributed by atoms with Crippen LogP contribution < -0.4 is 10.2 Å². The normalized spacial score (nSPS) is 18.7. The lowest BCUT2D eigenvalue weighted by Crippen LogP contribution is -2.36. The number of carbonyl (C=O) groups excluding carboxylic acids is 1. The Bertz CT molecular complexity index is 836. The van der Waals surface area contributed by atoms with Gasteiger partial charge in [-0.2, -0.15) is 0 Å². The van der Waals surface area contributed by atoms with E-state index in [4.69, 9.17) is 0 Å². The Morgan fingerprint density at radius 2 is 2.04 bits per heavy atom. The van der Waals surface area contributed by atoms with Crippen molar-refractivity contribution in [3.63, 3.8) is 0 Å². The lowest BCUT2D eigenvalue weighted by atomic mass is 10.1. The van der Waals surface area contributed by atoms with Crippen LogP contribution in [0.2, 0.25) is 0 Å². The summed E-state index contributed by atoms with van der Waals surface area (Å²) in [4.78, 5) is 18.2. The van der Waals surface area contributed by atoms with Gasteiger partial charge in [0.15, 0.2) is 9.84 Å². The molecule has 1 aromatic heterocycles. The summed E-state index contributed by atoms with van der Waals surface area (Å²) in [5, 5.41) is 2.83.